The lowest BCUT2D eigenvalue weighted by atomic mass is 10.2. The Morgan fingerprint density at radius 2 is 2.00 bits per heavy atom. The Bertz CT molecular complexity index is 899. The molecule has 0 atom stereocenters. The third kappa shape index (κ3) is 4.42. The van der Waals surface area contributed by atoms with Crippen molar-refractivity contribution >= 4 is 16.9 Å². The molecule has 0 saturated carbocycles. The lowest BCUT2D eigenvalue weighted by Crippen LogP contribution is -2.31. The highest BCUT2D eigenvalue weighted by molar-refractivity contribution is 5.81. The summed E-state index contributed by atoms with van der Waals surface area (Å²) < 4.78 is 7.84. The van der Waals surface area contributed by atoms with Crippen LogP contribution in [-0.4, -0.2) is 22.0 Å². The molecule has 0 saturated heterocycles. The summed E-state index contributed by atoms with van der Waals surface area (Å²) in [6.45, 7) is 7.40. The van der Waals surface area contributed by atoms with Gasteiger partial charge in [-0.15, -0.1) is 0 Å². The van der Waals surface area contributed by atoms with E-state index in [-0.39, 0.29) is 12.5 Å². The summed E-state index contributed by atoms with van der Waals surface area (Å²) in [5.41, 5.74) is 2.95. The zero-order valence-corrected chi connectivity index (χ0v) is 15.5. The number of fused-ring (bicyclic) bond motifs is 1. The monoisotopic (exact) mass is 351 g/mol. The highest BCUT2D eigenvalue weighted by Crippen LogP contribution is 2.19. The van der Waals surface area contributed by atoms with Crippen LogP contribution in [0.3, 0.4) is 0 Å². The normalized spacial score (nSPS) is 11.1. The maximum Gasteiger partial charge on any atom is 0.240 e. The fourth-order valence-corrected chi connectivity index (χ4v) is 2.78. The second-order valence-corrected chi connectivity index (χ2v) is 6.91. The van der Waals surface area contributed by atoms with Gasteiger partial charge in [0.1, 0.15) is 24.7 Å². The standard InChI is InChI=1S/C21H25N3O2/c1-15(2)12-22-21(25)13-24-19-10-5-4-9-18(19)23-20(24)14-26-17-8-6-7-16(3)11-17/h4-11,15H,12-14H2,1-3H3,(H,22,25). The first kappa shape index (κ1) is 18.0. The molecule has 2 aromatic carbocycles. The number of nitrogens with zero attached hydrogens (tertiary/aromatic N) is 2. The molecule has 5 heteroatoms. The number of nitrogens with one attached hydrogen (secondary N) is 1. The summed E-state index contributed by atoms with van der Waals surface area (Å²) in [7, 11) is 0. The number of carbonyl (C=O) groups is 1. The Balaban J connectivity index is 1.81. The van der Waals surface area contributed by atoms with Crippen molar-refractivity contribution in [2.24, 2.45) is 5.92 Å². The van der Waals surface area contributed by atoms with E-state index in [0.717, 1.165) is 28.2 Å². The van der Waals surface area contributed by atoms with Gasteiger partial charge in [0.15, 0.2) is 0 Å². The molecule has 0 fully saturated rings. The third-order valence-corrected chi connectivity index (χ3v) is 4.10. The first-order valence-electron chi connectivity index (χ1n) is 8.93. The van der Waals surface area contributed by atoms with Crippen LogP contribution >= 0.6 is 0 Å². The van der Waals surface area contributed by atoms with Gasteiger partial charge in [0.05, 0.1) is 11.0 Å². The van der Waals surface area contributed by atoms with Crippen LogP contribution in [0, 0.1) is 12.8 Å². The summed E-state index contributed by atoms with van der Waals surface area (Å²) in [6.07, 6.45) is 0. The molecule has 3 rings (SSSR count). The van der Waals surface area contributed by atoms with E-state index in [1.54, 1.807) is 0 Å². The molecule has 0 unspecified atom stereocenters. The number of rotatable bonds is 7. The molecule has 1 amide bonds. The van der Waals surface area contributed by atoms with Crippen molar-refractivity contribution in [2.45, 2.75) is 33.9 Å². The van der Waals surface area contributed by atoms with Crippen LogP contribution in [0.5, 0.6) is 5.75 Å². The number of amides is 1. The molecular formula is C21H25N3O2. The molecule has 0 aliphatic carbocycles. The SMILES string of the molecule is Cc1cccc(OCc2nc3ccccc3n2CC(=O)NCC(C)C)c1. The van der Waals surface area contributed by atoms with E-state index in [1.807, 2.05) is 60.0 Å². The van der Waals surface area contributed by atoms with E-state index in [4.69, 9.17) is 4.74 Å². The number of para-hydroxylation sites is 2. The molecule has 0 radical (unpaired) electrons. The molecule has 136 valence electrons. The van der Waals surface area contributed by atoms with E-state index >= 15 is 0 Å². The summed E-state index contributed by atoms with van der Waals surface area (Å²) in [4.78, 5) is 17.0. The molecule has 0 bridgehead atoms. The molecule has 1 N–H and O–H groups in total. The van der Waals surface area contributed by atoms with Gasteiger partial charge >= 0.3 is 0 Å². The Hall–Kier alpha value is -2.82. The molecule has 0 spiro atoms. The number of aryl methyl sites for hydroxylation is 1. The second-order valence-electron chi connectivity index (χ2n) is 6.91. The largest absolute Gasteiger partial charge is 0.486 e. The molecule has 26 heavy (non-hydrogen) atoms. The molecule has 0 aliphatic heterocycles. The minimum Gasteiger partial charge on any atom is -0.486 e. The summed E-state index contributed by atoms with van der Waals surface area (Å²) >= 11 is 0. The first-order chi connectivity index (χ1) is 12.5. The molecule has 5 nitrogen and oxygen atoms in total. The van der Waals surface area contributed by atoms with E-state index in [2.05, 4.69) is 24.1 Å². The van der Waals surface area contributed by atoms with Gasteiger partial charge in [0, 0.05) is 6.54 Å². The Morgan fingerprint density at radius 3 is 2.77 bits per heavy atom. The van der Waals surface area contributed by atoms with Gasteiger partial charge in [-0.2, -0.15) is 0 Å². The van der Waals surface area contributed by atoms with Crippen molar-refractivity contribution in [3.8, 4) is 5.75 Å². The van der Waals surface area contributed by atoms with Gasteiger partial charge in [0.25, 0.3) is 0 Å². The van der Waals surface area contributed by atoms with Gasteiger partial charge in [0.2, 0.25) is 5.91 Å². The predicted molar refractivity (Wildman–Crippen MR) is 103 cm³/mol. The van der Waals surface area contributed by atoms with Crippen molar-refractivity contribution in [2.75, 3.05) is 6.54 Å². The Labute approximate surface area is 154 Å². The number of imidazole rings is 1. The first-order valence-corrected chi connectivity index (χ1v) is 8.93. The van der Waals surface area contributed by atoms with Gasteiger partial charge < -0.3 is 14.6 Å². The maximum atomic E-state index is 12.3. The van der Waals surface area contributed by atoms with Crippen LogP contribution in [-0.2, 0) is 17.9 Å². The quantitative estimate of drug-likeness (QED) is 0.706. The van der Waals surface area contributed by atoms with E-state index in [0.29, 0.717) is 19.1 Å². The number of hydrogen-bond donors (Lipinski definition) is 1. The van der Waals surface area contributed by atoms with Crippen molar-refractivity contribution in [1.82, 2.24) is 14.9 Å². The fourth-order valence-electron chi connectivity index (χ4n) is 2.78. The van der Waals surface area contributed by atoms with Crippen LogP contribution < -0.4 is 10.1 Å². The Kier molecular flexibility index (Phi) is 5.56. The highest BCUT2D eigenvalue weighted by atomic mass is 16.5. The zero-order valence-electron chi connectivity index (χ0n) is 15.5. The lowest BCUT2D eigenvalue weighted by molar-refractivity contribution is -0.121. The van der Waals surface area contributed by atoms with Crippen LogP contribution in [0.1, 0.15) is 25.2 Å². The third-order valence-electron chi connectivity index (χ3n) is 4.10. The van der Waals surface area contributed by atoms with E-state index < -0.39 is 0 Å². The van der Waals surface area contributed by atoms with Crippen LogP contribution in [0.2, 0.25) is 0 Å². The number of ether oxygens (including phenoxy) is 1. The summed E-state index contributed by atoms with van der Waals surface area (Å²) in [6, 6.07) is 15.7. The zero-order chi connectivity index (χ0) is 18.5. The second kappa shape index (κ2) is 8.04. The van der Waals surface area contributed by atoms with E-state index in [9.17, 15) is 4.79 Å². The van der Waals surface area contributed by atoms with Crippen LogP contribution in [0.15, 0.2) is 48.5 Å². The molecule has 1 heterocycles. The average Bonchev–Trinajstić information content (AvgIpc) is 2.96. The molecule has 0 aliphatic rings. The molecule has 3 aromatic rings. The highest BCUT2D eigenvalue weighted by Gasteiger charge is 2.14. The van der Waals surface area contributed by atoms with Crippen molar-refractivity contribution in [1.29, 1.82) is 0 Å². The van der Waals surface area contributed by atoms with Crippen LogP contribution in [0.25, 0.3) is 11.0 Å². The number of benzene rings is 2. The van der Waals surface area contributed by atoms with Crippen molar-refractivity contribution < 1.29 is 9.53 Å². The molecule has 1 aromatic heterocycles. The number of aromatic nitrogens is 2. The summed E-state index contributed by atoms with van der Waals surface area (Å²) in [5.74, 6) is 1.95. The fraction of sp³-hybridized carbons (Fsp3) is 0.333. The van der Waals surface area contributed by atoms with Gasteiger partial charge in [-0.3, -0.25) is 4.79 Å². The lowest BCUT2D eigenvalue weighted by Gasteiger charge is -2.12. The summed E-state index contributed by atoms with van der Waals surface area (Å²) in [5, 5.41) is 2.97. The molecular weight excluding hydrogens is 326 g/mol. The topological polar surface area (TPSA) is 56.2 Å². The minimum atomic E-state index is -0.0151. The van der Waals surface area contributed by atoms with Gasteiger partial charge in [-0.25, -0.2) is 4.98 Å². The van der Waals surface area contributed by atoms with Crippen molar-refractivity contribution in [3.63, 3.8) is 0 Å². The maximum absolute atomic E-state index is 12.3. The smallest absolute Gasteiger partial charge is 0.240 e. The Morgan fingerprint density at radius 1 is 1.19 bits per heavy atom. The van der Waals surface area contributed by atoms with Gasteiger partial charge in [-0.05, 0) is 42.7 Å². The average molecular weight is 351 g/mol. The van der Waals surface area contributed by atoms with Crippen LogP contribution in [0.4, 0.5) is 0 Å². The van der Waals surface area contributed by atoms with Crippen molar-refractivity contribution in [3.05, 3.63) is 59.9 Å². The number of hydrogen-bond acceptors (Lipinski definition) is 3. The predicted octanol–water partition coefficient (Wildman–Crippen LogP) is 3.70. The number of carbonyl (C=O) groups excluding carboxylic acids is 1. The minimum absolute atomic E-state index is 0.0151. The van der Waals surface area contributed by atoms with E-state index in [1.165, 1.54) is 0 Å². The van der Waals surface area contributed by atoms with Gasteiger partial charge in [-0.1, -0.05) is 38.1 Å².